The van der Waals surface area contributed by atoms with Crippen LogP contribution in [0, 0.1) is 5.82 Å². The van der Waals surface area contributed by atoms with Gasteiger partial charge in [0.1, 0.15) is 11.5 Å². The number of likely N-dealkylation sites (N-methyl/N-ethyl adjacent to an activating group) is 1. The Labute approximate surface area is 228 Å². The van der Waals surface area contributed by atoms with E-state index in [9.17, 15) is 4.39 Å². The number of likely N-dealkylation sites (tertiary alicyclic amines) is 1. The summed E-state index contributed by atoms with van der Waals surface area (Å²) < 4.78 is 16.7. The molecular formula is C29H36FN9. The van der Waals surface area contributed by atoms with Gasteiger partial charge in [-0.2, -0.15) is 5.10 Å². The van der Waals surface area contributed by atoms with E-state index >= 15 is 0 Å². The molecule has 39 heavy (non-hydrogen) atoms. The lowest BCUT2D eigenvalue weighted by Gasteiger charge is -2.40. The minimum atomic E-state index is -0.511. The first-order chi connectivity index (χ1) is 18.7. The molecule has 0 saturated carbocycles. The normalized spacial score (nSPS) is 20.2. The fourth-order valence-corrected chi connectivity index (χ4v) is 6.41. The van der Waals surface area contributed by atoms with Crippen molar-refractivity contribution in [3.63, 3.8) is 0 Å². The molecule has 10 heteroatoms. The highest BCUT2D eigenvalue weighted by Crippen LogP contribution is 2.32. The van der Waals surface area contributed by atoms with E-state index < -0.39 is 5.82 Å². The van der Waals surface area contributed by atoms with Crippen LogP contribution in [0.25, 0.3) is 22.3 Å². The van der Waals surface area contributed by atoms with Gasteiger partial charge in [-0.25, -0.2) is 24.3 Å². The van der Waals surface area contributed by atoms with Crippen LogP contribution in [0.3, 0.4) is 0 Å². The van der Waals surface area contributed by atoms with Crippen LogP contribution in [0.2, 0.25) is 0 Å². The summed E-state index contributed by atoms with van der Waals surface area (Å²) in [6.07, 6.45) is 7.30. The van der Waals surface area contributed by atoms with Crippen molar-refractivity contribution >= 4 is 22.8 Å². The van der Waals surface area contributed by atoms with Crippen molar-refractivity contribution in [2.24, 2.45) is 7.05 Å². The fourth-order valence-electron chi connectivity index (χ4n) is 6.41. The fraction of sp³-hybridized carbons (Fsp3) is 0.483. The van der Waals surface area contributed by atoms with Gasteiger partial charge in [-0.3, -0.25) is 14.5 Å². The number of hydrogen-bond acceptors (Lipinski definition) is 8. The van der Waals surface area contributed by atoms with Gasteiger partial charge in [-0.15, -0.1) is 0 Å². The van der Waals surface area contributed by atoms with Gasteiger partial charge in [0.15, 0.2) is 11.5 Å². The molecule has 204 valence electrons. The predicted molar refractivity (Wildman–Crippen MR) is 150 cm³/mol. The first kappa shape index (κ1) is 25.8. The average Bonchev–Trinajstić information content (AvgIpc) is 3.37. The molecule has 0 aliphatic carbocycles. The second-order valence-electron chi connectivity index (χ2n) is 11.8. The van der Waals surface area contributed by atoms with Crippen molar-refractivity contribution in [2.75, 3.05) is 25.0 Å². The zero-order chi connectivity index (χ0) is 27.3. The molecule has 2 fully saturated rings. The molecule has 2 aliphatic heterocycles. The quantitative estimate of drug-likeness (QED) is 0.386. The Hall–Kier alpha value is -3.50. The topological polar surface area (TPSA) is 87.9 Å². The number of piperazine rings is 1. The van der Waals surface area contributed by atoms with Gasteiger partial charge < -0.3 is 5.32 Å². The first-order valence-electron chi connectivity index (χ1n) is 13.8. The smallest absolute Gasteiger partial charge is 0.229 e. The molecule has 0 aromatic carbocycles. The van der Waals surface area contributed by atoms with Crippen LogP contribution in [0.5, 0.6) is 0 Å². The Kier molecular flexibility index (Phi) is 6.55. The van der Waals surface area contributed by atoms with Crippen LogP contribution >= 0.6 is 0 Å². The van der Waals surface area contributed by atoms with Crippen molar-refractivity contribution < 1.29 is 4.39 Å². The lowest BCUT2D eigenvalue weighted by atomic mass is 9.89. The van der Waals surface area contributed by atoms with E-state index in [4.69, 9.17) is 0 Å². The first-order valence-corrected chi connectivity index (χ1v) is 13.8. The van der Waals surface area contributed by atoms with Crippen LogP contribution in [-0.2, 0) is 19.0 Å². The summed E-state index contributed by atoms with van der Waals surface area (Å²) in [5.41, 5.74) is 3.44. The Morgan fingerprint density at radius 2 is 1.79 bits per heavy atom. The summed E-state index contributed by atoms with van der Waals surface area (Å²) in [5, 5.41) is 8.54. The van der Waals surface area contributed by atoms with Gasteiger partial charge in [0.2, 0.25) is 5.95 Å². The second kappa shape index (κ2) is 9.91. The molecule has 2 saturated heterocycles. The monoisotopic (exact) mass is 529 g/mol. The molecule has 2 bridgehead atoms. The van der Waals surface area contributed by atoms with E-state index in [0.717, 1.165) is 37.3 Å². The second-order valence-corrected chi connectivity index (χ2v) is 11.8. The number of aryl methyl sites for hydroxylation is 1. The van der Waals surface area contributed by atoms with Gasteiger partial charge in [-0.1, -0.05) is 33.8 Å². The molecule has 0 spiro atoms. The number of halogens is 1. The highest BCUT2D eigenvalue weighted by atomic mass is 19.1. The third kappa shape index (κ3) is 4.98. The minimum Gasteiger partial charge on any atom is -0.309 e. The van der Waals surface area contributed by atoms with Crippen LogP contribution in [0.4, 0.5) is 16.2 Å². The Bertz CT molecular complexity index is 1480. The molecule has 1 unspecified atom stereocenters. The molecule has 4 aromatic heterocycles. The van der Waals surface area contributed by atoms with Crippen LogP contribution in [0.1, 0.15) is 51.8 Å². The molecule has 2 atom stereocenters. The van der Waals surface area contributed by atoms with Gasteiger partial charge in [0.05, 0.1) is 11.9 Å². The highest BCUT2D eigenvalue weighted by molar-refractivity contribution is 5.83. The molecule has 6 rings (SSSR count). The van der Waals surface area contributed by atoms with E-state index in [2.05, 4.69) is 73.9 Å². The third-order valence-corrected chi connectivity index (χ3v) is 7.96. The third-order valence-electron chi connectivity index (χ3n) is 7.96. The van der Waals surface area contributed by atoms with E-state index in [1.54, 1.807) is 6.20 Å². The molecule has 0 amide bonds. The van der Waals surface area contributed by atoms with Crippen molar-refractivity contribution in [2.45, 2.75) is 64.6 Å². The number of nitrogens with one attached hydrogen (secondary N) is 1. The average molecular weight is 530 g/mol. The van der Waals surface area contributed by atoms with Gasteiger partial charge in [0.25, 0.3) is 0 Å². The maximum atomic E-state index is 14.9. The number of fused-ring (bicyclic) bond motifs is 3. The Balaban J connectivity index is 1.18. The molecule has 2 aliphatic rings. The number of aromatic nitrogens is 6. The van der Waals surface area contributed by atoms with E-state index in [0.29, 0.717) is 29.1 Å². The zero-order valence-electron chi connectivity index (χ0n) is 23.3. The van der Waals surface area contributed by atoms with Crippen molar-refractivity contribution in [3.05, 3.63) is 53.9 Å². The zero-order valence-corrected chi connectivity index (χ0v) is 23.3. The number of hydrogen-bond donors (Lipinski definition) is 1. The molecule has 9 nitrogen and oxygen atoms in total. The minimum absolute atomic E-state index is 0.151. The lowest BCUT2D eigenvalue weighted by Crippen LogP contribution is -2.53. The SMILES string of the molecule is CCN1C2CC[C@@H]1CN(Cc1ccc(Nc3ncc(F)c(-c4cnc5nn(C)c(C(C)(C)C)c5c4)n3)nc1)C2. The molecule has 6 heterocycles. The van der Waals surface area contributed by atoms with Crippen LogP contribution < -0.4 is 5.32 Å². The van der Waals surface area contributed by atoms with Gasteiger partial charge >= 0.3 is 0 Å². The highest BCUT2D eigenvalue weighted by Gasteiger charge is 2.38. The number of rotatable bonds is 6. The van der Waals surface area contributed by atoms with Crippen molar-refractivity contribution in [3.8, 4) is 11.3 Å². The number of nitrogens with zero attached hydrogens (tertiary/aromatic N) is 8. The van der Waals surface area contributed by atoms with E-state index in [1.807, 2.05) is 30.1 Å². The van der Waals surface area contributed by atoms with Crippen LogP contribution in [-0.4, -0.2) is 71.2 Å². The molecule has 0 radical (unpaired) electrons. The number of pyridine rings is 2. The molecule has 1 N–H and O–H groups in total. The maximum absolute atomic E-state index is 14.9. The summed E-state index contributed by atoms with van der Waals surface area (Å²) in [6.45, 7) is 12.9. The largest absolute Gasteiger partial charge is 0.309 e. The Morgan fingerprint density at radius 3 is 2.46 bits per heavy atom. The van der Waals surface area contributed by atoms with Crippen LogP contribution in [0.15, 0.2) is 36.8 Å². The summed E-state index contributed by atoms with van der Waals surface area (Å²) >= 11 is 0. The summed E-state index contributed by atoms with van der Waals surface area (Å²) in [5.74, 6) is 0.382. The molecule has 4 aromatic rings. The lowest BCUT2D eigenvalue weighted by molar-refractivity contribution is 0.0669. The van der Waals surface area contributed by atoms with Crippen molar-refractivity contribution in [1.29, 1.82) is 0 Å². The number of anilines is 2. The standard InChI is InChI=1S/C29H36FN9/c1-6-39-20-8-9-21(39)17-38(16-20)15-18-7-10-24(31-12-18)34-28-33-14-23(30)25(35-28)19-11-22-26(29(2,3)4)37(5)36-27(22)32-13-19/h7,10-14,20-21H,6,8-9,15-17H2,1-5H3,(H,31,33,34,35)/t20-,21?/m1/s1. The van der Waals surface area contributed by atoms with E-state index in [1.165, 1.54) is 24.6 Å². The molecular weight excluding hydrogens is 493 g/mol. The Morgan fingerprint density at radius 1 is 1.03 bits per heavy atom. The predicted octanol–water partition coefficient (Wildman–Crippen LogP) is 4.67. The van der Waals surface area contributed by atoms with Gasteiger partial charge in [-0.05, 0) is 37.1 Å². The summed E-state index contributed by atoms with van der Waals surface area (Å²) in [4.78, 5) is 22.9. The van der Waals surface area contributed by atoms with Gasteiger partial charge in [0, 0.05) is 67.5 Å². The van der Waals surface area contributed by atoms with E-state index in [-0.39, 0.29) is 17.1 Å². The van der Waals surface area contributed by atoms with Crippen molar-refractivity contribution in [1.82, 2.24) is 39.5 Å². The maximum Gasteiger partial charge on any atom is 0.229 e. The summed E-state index contributed by atoms with van der Waals surface area (Å²) in [6, 6.07) is 7.28. The summed E-state index contributed by atoms with van der Waals surface area (Å²) in [7, 11) is 1.91.